The number of benzene rings is 1. The summed E-state index contributed by atoms with van der Waals surface area (Å²) in [6.45, 7) is 2.12. The van der Waals surface area contributed by atoms with E-state index in [1.807, 2.05) is 31.2 Å². The zero-order valence-corrected chi connectivity index (χ0v) is 11.7. The number of hydrogen-bond donors (Lipinski definition) is 1. The van der Waals surface area contributed by atoms with Crippen LogP contribution in [0, 0.1) is 6.92 Å². The van der Waals surface area contributed by atoms with Gasteiger partial charge in [-0.15, -0.1) is 0 Å². The Morgan fingerprint density at radius 2 is 2.00 bits per heavy atom. The number of rotatable bonds is 4. The Kier molecular flexibility index (Phi) is 5.25. The van der Waals surface area contributed by atoms with Crippen molar-refractivity contribution >= 4 is 5.91 Å². The monoisotopic (exact) mass is 261 g/mol. The fraction of sp³-hybridized carbons (Fsp3) is 0.562. The van der Waals surface area contributed by atoms with Crippen molar-refractivity contribution in [3.8, 4) is 5.75 Å². The van der Waals surface area contributed by atoms with Crippen LogP contribution < -0.4 is 10.1 Å². The predicted molar refractivity (Wildman–Crippen MR) is 76.3 cm³/mol. The maximum absolute atomic E-state index is 11.8. The first kappa shape index (κ1) is 13.9. The summed E-state index contributed by atoms with van der Waals surface area (Å²) in [7, 11) is 0. The van der Waals surface area contributed by atoms with Crippen LogP contribution in [0.15, 0.2) is 24.3 Å². The van der Waals surface area contributed by atoms with Crippen molar-refractivity contribution in [3.05, 3.63) is 29.8 Å². The SMILES string of the molecule is Cc1cccc(OCC(=O)NC2CCCCCC2)c1. The van der Waals surface area contributed by atoms with Gasteiger partial charge in [0.25, 0.3) is 5.91 Å². The summed E-state index contributed by atoms with van der Waals surface area (Å²) in [6.07, 6.45) is 7.26. The Bertz CT molecular complexity index is 409. The molecular formula is C16H23NO2. The van der Waals surface area contributed by atoms with E-state index in [-0.39, 0.29) is 12.5 Å². The van der Waals surface area contributed by atoms with Crippen molar-refractivity contribution < 1.29 is 9.53 Å². The van der Waals surface area contributed by atoms with Crippen LogP contribution in [0.5, 0.6) is 5.75 Å². The molecular weight excluding hydrogens is 238 g/mol. The third kappa shape index (κ3) is 4.93. The highest BCUT2D eigenvalue weighted by Crippen LogP contribution is 2.17. The quantitative estimate of drug-likeness (QED) is 0.845. The van der Waals surface area contributed by atoms with Crippen molar-refractivity contribution in [3.63, 3.8) is 0 Å². The van der Waals surface area contributed by atoms with Gasteiger partial charge in [0, 0.05) is 6.04 Å². The second-order valence-corrected chi connectivity index (χ2v) is 5.36. The molecule has 0 aliphatic heterocycles. The van der Waals surface area contributed by atoms with Gasteiger partial charge in [-0.1, -0.05) is 37.8 Å². The number of carbonyl (C=O) groups excluding carboxylic acids is 1. The molecule has 1 saturated carbocycles. The lowest BCUT2D eigenvalue weighted by atomic mass is 10.1. The lowest BCUT2D eigenvalue weighted by molar-refractivity contribution is -0.123. The third-order valence-electron chi connectivity index (χ3n) is 3.58. The molecule has 3 nitrogen and oxygen atoms in total. The zero-order valence-electron chi connectivity index (χ0n) is 11.7. The van der Waals surface area contributed by atoms with Crippen LogP contribution in [-0.2, 0) is 4.79 Å². The molecule has 1 aromatic carbocycles. The van der Waals surface area contributed by atoms with Gasteiger partial charge in [-0.05, 0) is 37.5 Å². The first-order chi connectivity index (χ1) is 9.24. The first-order valence-corrected chi connectivity index (χ1v) is 7.23. The fourth-order valence-electron chi connectivity index (χ4n) is 2.55. The number of aryl methyl sites for hydroxylation is 1. The van der Waals surface area contributed by atoms with E-state index >= 15 is 0 Å². The van der Waals surface area contributed by atoms with E-state index in [0.29, 0.717) is 6.04 Å². The third-order valence-corrected chi connectivity index (χ3v) is 3.58. The number of hydrogen-bond acceptors (Lipinski definition) is 2. The minimum absolute atomic E-state index is 0.00611. The second kappa shape index (κ2) is 7.17. The van der Waals surface area contributed by atoms with Gasteiger partial charge in [0.05, 0.1) is 0 Å². The summed E-state index contributed by atoms with van der Waals surface area (Å²) in [5, 5.41) is 3.08. The van der Waals surface area contributed by atoms with Crippen molar-refractivity contribution in [1.29, 1.82) is 0 Å². The standard InChI is InChI=1S/C16H23NO2/c1-13-7-6-10-15(11-13)19-12-16(18)17-14-8-4-2-3-5-9-14/h6-7,10-11,14H,2-5,8-9,12H2,1H3,(H,17,18). The molecule has 1 aliphatic rings. The first-order valence-electron chi connectivity index (χ1n) is 7.23. The van der Waals surface area contributed by atoms with E-state index in [1.54, 1.807) is 0 Å². The number of amides is 1. The molecule has 0 radical (unpaired) electrons. The fourth-order valence-corrected chi connectivity index (χ4v) is 2.55. The summed E-state index contributed by atoms with van der Waals surface area (Å²) < 4.78 is 5.51. The van der Waals surface area contributed by atoms with Gasteiger partial charge in [0.2, 0.25) is 0 Å². The molecule has 104 valence electrons. The molecule has 0 unspecified atom stereocenters. The van der Waals surface area contributed by atoms with Gasteiger partial charge in [-0.25, -0.2) is 0 Å². The number of ether oxygens (including phenoxy) is 1. The summed E-state index contributed by atoms with van der Waals surface area (Å²) in [6, 6.07) is 8.12. The smallest absolute Gasteiger partial charge is 0.258 e. The van der Waals surface area contributed by atoms with Gasteiger partial charge in [0.1, 0.15) is 5.75 Å². The van der Waals surface area contributed by atoms with Gasteiger partial charge in [-0.3, -0.25) is 4.79 Å². The Morgan fingerprint density at radius 3 is 2.68 bits per heavy atom. The summed E-state index contributed by atoms with van der Waals surface area (Å²) in [4.78, 5) is 11.8. The molecule has 3 heteroatoms. The van der Waals surface area contributed by atoms with Crippen molar-refractivity contribution in [1.82, 2.24) is 5.32 Å². The molecule has 0 aromatic heterocycles. The molecule has 1 aliphatic carbocycles. The summed E-state index contributed by atoms with van der Waals surface area (Å²) in [5.41, 5.74) is 1.14. The van der Waals surface area contributed by atoms with Gasteiger partial charge in [-0.2, -0.15) is 0 Å². The highest BCUT2D eigenvalue weighted by atomic mass is 16.5. The molecule has 0 saturated heterocycles. The van der Waals surface area contributed by atoms with Crippen LogP contribution in [0.25, 0.3) is 0 Å². The molecule has 1 amide bonds. The van der Waals surface area contributed by atoms with E-state index in [9.17, 15) is 4.79 Å². The predicted octanol–water partition coefficient (Wildman–Crippen LogP) is 3.21. The van der Waals surface area contributed by atoms with Crippen molar-refractivity contribution in [2.45, 2.75) is 51.5 Å². The Morgan fingerprint density at radius 1 is 1.26 bits per heavy atom. The average Bonchev–Trinajstić information content (AvgIpc) is 2.65. The summed E-state index contributed by atoms with van der Waals surface area (Å²) in [5.74, 6) is 0.754. The van der Waals surface area contributed by atoms with Crippen LogP contribution in [0.2, 0.25) is 0 Å². The topological polar surface area (TPSA) is 38.3 Å². The molecule has 1 N–H and O–H groups in total. The zero-order chi connectivity index (χ0) is 13.5. The number of nitrogens with one attached hydrogen (secondary N) is 1. The van der Waals surface area contributed by atoms with Gasteiger partial charge >= 0.3 is 0 Å². The maximum atomic E-state index is 11.8. The van der Waals surface area contributed by atoms with E-state index in [1.165, 1.54) is 25.7 Å². The normalized spacial score (nSPS) is 16.7. The molecule has 19 heavy (non-hydrogen) atoms. The molecule has 1 aromatic rings. The molecule has 0 bridgehead atoms. The highest BCUT2D eigenvalue weighted by molar-refractivity contribution is 5.77. The van der Waals surface area contributed by atoms with E-state index in [2.05, 4.69) is 5.32 Å². The Labute approximate surface area is 115 Å². The number of carbonyl (C=O) groups is 1. The van der Waals surface area contributed by atoms with E-state index in [0.717, 1.165) is 24.2 Å². The molecule has 0 heterocycles. The molecule has 0 atom stereocenters. The van der Waals surface area contributed by atoms with Crippen LogP contribution in [0.4, 0.5) is 0 Å². The van der Waals surface area contributed by atoms with Crippen molar-refractivity contribution in [2.24, 2.45) is 0 Å². The minimum Gasteiger partial charge on any atom is -0.484 e. The van der Waals surface area contributed by atoms with E-state index in [4.69, 9.17) is 4.74 Å². The molecule has 2 rings (SSSR count). The Hall–Kier alpha value is -1.51. The molecule has 0 spiro atoms. The van der Waals surface area contributed by atoms with Crippen LogP contribution in [0.3, 0.4) is 0 Å². The molecule has 1 fully saturated rings. The largest absolute Gasteiger partial charge is 0.484 e. The van der Waals surface area contributed by atoms with Crippen molar-refractivity contribution in [2.75, 3.05) is 6.61 Å². The maximum Gasteiger partial charge on any atom is 0.258 e. The second-order valence-electron chi connectivity index (χ2n) is 5.36. The lowest BCUT2D eigenvalue weighted by Crippen LogP contribution is -2.37. The van der Waals surface area contributed by atoms with E-state index < -0.39 is 0 Å². The van der Waals surface area contributed by atoms with Crippen LogP contribution in [-0.4, -0.2) is 18.6 Å². The van der Waals surface area contributed by atoms with Gasteiger partial charge < -0.3 is 10.1 Å². The van der Waals surface area contributed by atoms with Gasteiger partial charge in [0.15, 0.2) is 6.61 Å². The minimum atomic E-state index is -0.00611. The van der Waals surface area contributed by atoms with Crippen LogP contribution in [0.1, 0.15) is 44.1 Å². The lowest BCUT2D eigenvalue weighted by Gasteiger charge is -2.16. The highest BCUT2D eigenvalue weighted by Gasteiger charge is 2.14. The average molecular weight is 261 g/mol. The summed E-state index contributed by atoms with van der Waals surface area (Å²) >= 11 is 0. The van der Waals surface area contributed by atoms with Crippen LogP contribution >= 0.6 is 0 Å². The Balaban J connectivity index is 1.74.